The number of benzene rings is 1. The van der Waals surface area contributed by atoms with Crippen LogP contribution >= 0.6 is 0 Å². The first-order valence-electron chi connectivity index (χ1n) is 3.59. The predicted molar refractivity (Wildman–Crippen MR) is 47.2 cm³/mol. The molecular weight excluding hydrogens is 152 g/mol. The van der Waals surface area contributed by atoms with Crippen molar-refractivity contribution in [3.8, 4) is 23.8 Å². The van der Waals surface area contributed by atoms with Crippen molar-refractivity contribution in [3.63, 3.8) is 0 Å². The number of phenols is 1. The lowest BCUT2D eigenvalue weighted by Crippen LogP contribution is -1.93. The molecule has 0 heterocycles. The van der Waals surface area contributed by atoms with Crippen LogP contribution in [0.25, 0.3) is 0 Å². The van der Waals surface area contributed by atoms with E-state index in [-0.39, 0.29) is 12.4 Å². The van der Waals surface area contributed by atoms with Crippen molar-refractivity contribution in [2.24, 2.45) is 0 Å². The van der Waals surface area contributed by atoms with Crippen LogP contribution in [0, 0.1) is 19.3 Å². The highest BCUT2D eigenvalue weighted by atomic mass is 16.5. The first-order chi connectivity index (χ1) is 5.72. The number of rotatable bonds is 2. The number of aromatic hydroxyl groups is 1. The second-order valence-electron chi connectivity index (χ2n) is 2.50. The average molecular weight is 162 g/mol. The van der Waals surface area contributed by atoms with Gasteiger partial charge in [-0.15, -0.1) is 6.42 Å². The first kappa shape index (κ1) is 8.48. The SMILES string of the molecule is C#CCOc1cc(C)cc(O)c1. The van der Waals surface area contributed by atoms with Crippen LogP contribution in [-0.2, 0) is 0 Å². The van der Waals surface area contributed by atoms with Gasteiger partial charge in [0.05, 0.1) is 0 Å². The second-order valence-corrected chi connectivity index (χ2v) is 2.50. The van der Waals surface area contributed by atoms with Crippen LogP contribution in [0.3, 0.4) is 0 Å². The van der Waals surface area contributed by atoms with Crippen LogP contribution < -0.4 is 4.74 Å². The first-order valence-corrected chi connectivity index (χ1v) is 3.59. The van der Waals surface area contributed by atoms with E-state index < -0.39 is 0 Å². The van der Waals surface area contributed by atoms with Gasteiger partial charge in [-0.2, -0.15) is 0 Å². The monoisotopic (exact) mass is 162 g/mol. The molecule has 1 rings (SSSR count). The third kappa shape index (κ3) is 2.21. The highest BCUT2D eigenvalue weighted by Gasteiger charge is 1.96. The molecular formula is C10H10O2. The molecule has 0 aliphatic carbocycles. The lowest BCUT2D eigenvalue weighted by Gasteiger charge is -2.03. The number of hydrogen-bond donors (Lipinski definition) is 1. The van der Waals surface area contributed by atoms with Gasteiger partial charge in [0.1, 0.15) is 18.1 Å². The number of hydrogen-bond acceptors (Lipinski definition) is 2. The van der Waals surface area contributed by atoms with Gasteiger partial charge in [-0.1, -0.05) is 5.92 Å². The Balaban J connectivity index is 2.80. The predicted octanol–water partition coefficient (Wildman–Crippen LogP) is 1.71. The Morgan fingerprint density at radius 2 is 2.25 bits per heavy atom. The molecule has 0 aliphatic rings. The summed E-state index contributed by atoms with van der Waals surface area (Å²) in [7, 11) is 0. The lowest BCUT2D eigenvalue weighted by atomic mass is 10.2. The zero-order valence-corrected chi connectivity index (χ0v) is 6.87. The van der Waals surface area contributed by atoms with Crippen LogP contribution in [0.5, 0.6) is 11.5 Å². The van der Waals surface area contributed by atoms with Crippen molar-refractivity contribution in [1.29, 1.82) is 0 Å². The summed E-state index contributed by atoms with van der Waals surface area (Å²) in [4.78, 5) is 0. The minimum atomic E-state index is 0.196. The Kier molecular flexibility index (Phi) is 2.60. The number of terminal acetylenes is 1. The third-order valence-corrected chi connectivity index (χ3v) is 1.36. The molecule has 1 N–H and O–H groups in total. The van der Waals surface area contributed by atoms with Crippen molar-refractivity contribution >= 4 is 0 Å². The summed E-state index contributed by atoms with van der Waals surface area (Å²) in [6, 6.07) is 5.00. The van der Waals surface area contributed by atoms with Crippen molar-refractivity contribution in [2.75, 3.05) is 6.61 Å². The van der Waals surface area contributed by atoms with Crippen molar-refractivity contribution in [2.45, 2.75) is 6.92 Å². The van der Waals surface area contributed by atoms with E-state index in [0.717, 1.165) is 5.56 Å². The summed E-state index contributed by atoms with van der Waals surface area (Å²) in [5.74, 6) is 3.15. The van der Waals surface area contributed by atoms with E-state index in [1.165, 1.54) is 6.07 Å². The summed E-state index contributed by atoms with van der Waals surface area (Å²) in [6.07, 6.45) is 5.01. The van der Waals surface area contributed by atoms with Gasteiger partial charge in [-0.05, 0) is 24.6 Å². The molecule has 1 aromatic carbocycles. The largest absolute Gasteiger partial charge is 0.508 e. The minimum Gasteiger partial charge on any atom is -0.508 e. The number of ether oxygens (including phenoxy) is 1. The van der Waals surface area contributed by atoms with E-state index in [9.17, 15) is 0 Å². The molecule has 2 heteroatoms. The van der Waals surface area contributed by atoms with Crippen LogP contribution in [0.4, 0.5) is 0 Å². The number of aryl methyl sites for hydroxylation is 1. The van der Waals surface area contributed by atoms with Crippen LogP contribution in [0.1, 0.15) is 5.56 Å². The summed E-state index contributed by atoms with van der Waals surface area (Å²) >= 11 is 0. The van der Waals surface area contributed by atoms with Gasteiger partial charge in [0.15, 0.2) is 0 Å². The van der Waals surface area contributed by atoms with Gasteiger partial charge in [0.2, 0.25) is 0 Å². The molecule has 0 fully saturated rings. The standard InChI is InChI=1S/C10H10O2/c1-3-4-12-10-6-8(2)5-9(11)7-10/h1,5-7,11H,4H2,2H3. The molecule has 1 aromatic rings. The molecule has 0 unspecified atom stereocenters. The Bertz CT molecular complexity index is 290. The van der Waals surface area contributed by atoms with Crippen LogP contribution in [0.2, 0.25) is 0 Å². The molecule has 62 valence electrons. The molecule has 0 amide bonds. The normalized spacial score (nSPS) is 9.00. The van der Waals surface area contributed by atoms with E-state index >= 15 is 0 Å². The minimum absolute atomic E-state index is 0.196. The quantitative estimate of drug-likeness (QED) is 0.671. The van der Waals surface area contributed by atoms with Gasteiger partial charge in [0, 0.05) is 6.07 Å². The van der Waals surface area contributed by atoms with Crippen LogP contribution in [-0.4, -0.2) is 11.7 Å². The lowest BCUT2D eigenvalue weighted by molar-refractivity contribution is 0.366. The van der Waals surface area contributed by atoms with Gasteiger partial charge in [-0.25, -0.2) is 0 Å². The highest BCUT2D eigenvalue weighted by Crippen LogP contribution is 2.20. The molecule has 0 saturated carbocycles. The molecule has 0 aromatic heterocycles. The van der Waals surface area contributed by atoms with Crippen molar-refractivity contribution in [3.05, 3.63) is 23.8 Å². The smallest absolute Gasteiger partial charge is 0.148 e. The summed E-state index contributed by atoms with van der Waals surface area (Å²) < 4.78 is 5.12. The topological polar surface area (TPSA) is 29.5 Å². The zero-order valence-electron chi connectivity index (χ0n) is 6.87. The molecule has 0 bridgehead atoms. The fraction of sp³-hybridized carbons (Fsp3) is 0.200. The Hall–Kier alpha value is -1.62. The van der Waals surface area contributed by atoms with Crippen molar-refractivity contribution in [1.82, 2.24) is 0 Å². The van der Waals surface area contributed by atoms with Crippen LogP contribution in [0.15, 0.2) is 18.2 Å². The number of phenolic OH excluding ortho intramolecular Hbond substituents is 1. The Morgan fingerprint density at radius 1 is 1.50 bits per heavy atom. The van der Waals surface area contributed by atoms with E-state index in [0.29, 0.717) is 5.75 Å². The molecule has 0 aliphatic heterocycles. The maximum absolute atomic E-state index is 9.16. The van der Waals surface area contributed by atoms with Gasteiger partial charge < -0.3 is 9.84 Å². The highest BCUT2D eigenvalue weighted by molar-refractivity contribution is 5.36. The fourth-order valence-corrected chi connectivity index (χ4v) is 0.937. The molecule has 0 atom stereocenters. The average Bonchev–Trinajstić information content (AvgIpc) is 1.99. The molecule has 0 radical (unpaired) electrons. The summed E-state index contributed by atoms with van der Waals surface area (Å²) in [5.41, 5.74) is 0.946. The van der Waals surface area contributed by atoms with Gasteiger partial charge >= 0.3 is 0 Å². The molecule has 0 saturated heterocycles. The van der Waals surface area contributed by atoms with E-state index in [4.69, 9.17) is 16.3 Å². The van der Waals surface area contributed by atoms with Crippen molar-refractivity contribution < 1.29 is 9.84 Å². The zero-order chi connectivity index (χ0) is 8.97. The van der Waals surface area contributed by atoms with E-state index in [1.54, 1.807) is 6.07 Å². The molecule has 12 heavy (non-hydrogen) atoms. The third-order valence-electron chi connectivity index (χ3n) is 1.36. The summed E-state index contributed by atoms with van der Waals surface area (Å²) in [5, 5.41) is 9.16. The molecule has 0 spiro atoms. The van der Waals surface area contributed by atoms with Gasteiger partial charge in [0.25, 0.3) is 0 Å². The van der Waals surface area contributed by atoms with E-state index in [1.807, 2.05) is 13.0 Å². The summed E-state index contributed by atoms with van der Waals surface area (Å²) in [6.45, 7) is 2.10. The maximum Gasteiger partial charge on any atom is 0.148 e. The second kappa shape index (κ2) is 3.68. The Labute approximate surface area is 71.8 Å². The Morgan fingerprint density at radius 3 is 2.83 bits per heavy atom. The molecule has 2 nitrogen and oxygen atoms in total. The van der Waals surface area contributed by atoms with E-state index in [2.05, 4.69) is 5.92 Å². The fourth-order valence-electron chi connectivity index (χ4n) is 0.937. The maximum atomic E-state index is 9.16. The van der Waals surface area contributed by atoms with Gasteiger partial charge in [-0.3, -0.25) is 0 Å².